The van der Waals surface area contributed by atoms with E-state index in [0.29, 0.717) is 30.0 Å². The van der Waals surface area contributed by atoms with Gasteiger partial charge in [-0.25, -0.2) is 13.2 Å². The summed E-state index contributed by atoms with van der Waals surface area (Å²) in [5.74, 6) is 0. The molecule has 116 valence electrons. The lowest BCUT2D eigenvalue weighted by Gasteiger charge is -2.32. The maximum absolute atomic E-state index is 12.7. The van der Waals surface area contributed by atoms with Crippen LogP contribution in [0.1, 0.15) is 18.4 Å². The van der Waals surface area contributed by atoms with E-state index in [1.165, 1.54) is 10.4 Å². The number of carbonyl (C=O) groups is 1. The molecule has 21 heavy (non-hydrogen) atoms. The largest absolute Gasteiger partial charge is 0.465 e. The van der Waals surface area contributed by atoms with Gasteiger partial charge in [0.1, 0.15) is 0 Å². The number of carboxylic acid groups (broad SMARTS) is 1. The molecule has 8 heteroatoms. The van der Waals surface area contributed by atoms with Gasteiger partial charge in [0.2, 0.25) is 10.0 Å². The second kappa shape index (κ2) is 6.21. The van der Waals surface area contributed by atoms with Crippen LogP contribution in [0, 0.1) is 6.92 Å². The first-order chi connectivity index (χ1) is 9.82. The van der Waals surface area contributed by atoms with Crippen LogP contribution in [0.5, 0.6) is 0 Å². The molecule has 6 nitrogen and oxygen atoms in total. The van der Waals surface area contributed by atoms with Crippen molar-refractivity contribution in [2.45, 2.75) is 30.7 Å². The Bertz CT molecular complexity index is 648. The van der Waals surface area contributed by atoms with E-state index >= 15 is 0 Å². The van der Waals surface area contributed by atoms with E-state index in [9.17, 15) is 13.2 Å². The quantitative estimate of drug-likeness (QED) is 0.887. The number of amides is 1. The molecule has 0 aromatic heterocycles. The van der Waals surface area contributed by atoms with Crippen molar-refractivity contribution in [3.05, 3.63) is 28.8 Å². The summed E-state index contributed by atoms with van der Waals surface area (Å²) in [5, 5.41) is 11.5. The van der Waals surface area contributed by atoms with Gasteiger partial charge in [0.25, 0.3) is 0 Å². The molecule has 0 unspecified atom stereocenters. The number of rotatable bonds is 3. The first-order valence-corrected chi connectivity index (χ1v) is 8.39. The molecule has 0 bridgehead atoms. The van der Waals surface area contributed by atoms with Gasteiger partial charge in [-0.3, -0.25) is 0 Å². The summed E-state index contributed by atoms with van der Waals surface area (Å²) < 4.78 is 26.7. The molecule has 1 aliphatic heterocycles. The topological polar surface area (TPSA) is 86.7 Å². The maximum Gasteiger partial charge on any atom is 0.404 e. The first kappa shape index (κ1) is 16.1. The molecule has 1 amide bonds. The van der Waals surface area contributed by atoms with Gasteiger partial charge in [0.15, 0.2) is 0 Å². The van der Waals surface area contributed by atoms with Crippen LogP contribution in [-0.2, 0) is 10.0 Å². The highest BCUT2D eigenvalue weighted by molar-refractivity contribution is 7.89. The van der Waals surface area contributed by atoms with Crippen LogP contribution in [0.25, 0.3) is 0 Å². The van der Waals surface area contributed by atoms with Crippen LogP contribution in [0.4, 0.5) is 4.79 Å². The lowest BCUT2D eigenvalue weighted by Crippen LogP contribution is -2.49. The molecule has 1 fully saturated rings. The van der Waals surface area contributed by atoms with Crippen LogP contribution in [0.15, 0.2) is 23.1 Å². The molecule has 1 aromatic rings. The van der Waals surface area contributed by atoms with Crippen molar-refractivity contribution in [2.75, 3.05) is 13.1 Å². The Morgan fingerprint density at radius 2 is 2.19 bits per heavy atom. The Balaban J connectivity index is 2.27. The predicted octanol–water partition coefficient (Wildman–Crippen LogP) is 2.07. The summed E-state index contributed by atoms with van der Waals surface area (Å²) in [5.41, 5.74) is 0.507. The molecule has 1 aliphatic rings. The van der Waals surface area contributed by atoms with Gasteiger partial charge in [0, 0.05) is 24.2 Å². The van der Waals surface area contributed by atoms with E-state index < -0.39 is 16.1 Å². The number of hydrogen-bond acceptors (Lipinski definition) is 3. The third-order valence-electron chi connectivity index (χ3n) is 3.55. The van der Waals surface area contributed by atoms with Crippen LogP contribution in [-0.4, -0.2) is 43.1 Å². The van der Waals surface area contributed by atoms with E-state index in [1.807, 2.05) is 0 Å². The summed E-state index contributed by atoms with van der Waals surface area (Å²) in [4.78, 5) is 10.9. The lowest BCUT2D eigenvalue weighted by molar-refractivity contribution is 0.181. The Morgan fingerprint density at radius 3 is 2.86 bits per heavy atom. The Hall–Kier alpha value is -1.31. The van der Waals surface area contributed by atoms with Crippen molar-refractivity contribution in [3.8, 4) is 0 Å². The number of benzene rings is 1. The smallest absolute Gasteiger partial charge is 0.404 e. The summed E-state index contributed by atoms with van der Waals surface area (Å²) in [6, 6.07) is 4.37. The molecule has 1 aromatic carbocycles. The van der Waals surface area contributed by atoms with E-state index in [2.05, 4.69) is 5.32 Å². The van der Waals surface area contributed by atoms with Gasteiger partial charge < -0.3 is 10.4 Å². The van der Waals surface area contributed by atoms with E-state index in [1.54, 1.807) is 19.1 Å². The number of hydrogen-bond donors (Lipinski definition) is 2. The summed E-state index contributed by atoms with van der Waals surface area (Å²) >= 11 is 5.98. The zero-order valence-corrected chi connectivity index (χ0v) is 13.1. The zero-order chi connectivity index (χ0) is 15.6. The van der Waals surface area contributed by atoms with Crippen molar-refractivity contribution in [1.82, 2.24) is 9.62 Å². The summed E-state index contributed by atoms with van der Waals surface area (Å²) in [7, 11) is -3.67. The minimum Gasteiger partial charge on any atom is -0.465 e. The third kappa shape index (κ3) is 3.48. The molecule has 1 saturated heterocycles. The second-order valence-corrected chi connectivity index (χ2v) is 7.33. The molecule has 0 aliphatic carbocycles. The van der Waals surface area contributed by atoms with Gasteiger partial charge in [-0.05, 0) is 37.5 Å². The van der Waals surface area contributed by atoms with E-state index in [0.717, 1.165) is 0 Å². The second-order valence-electron chi connectivity index (χ2n) is 5.01. The fourth-order valence-electron chi connectivity index (χ4n) is 2.46. The highest BCUT2D eigenvalue weighted by Crippen LogP contribution is 2.27. The number of sulfonamides is 1. The van der Waals surface area contributed by atoms with Crippen LogP contribution in [0.2, 0.25) is 5.02 Å². The first-order valence-electron chi connectivity index (χ1n) is 6.57. The maximum atomic E-state index is 12.7. The standard InChI is InChI=1S/C13H17ClN2O4S/c1-9-11(14)5-2-6-12(9)21(19,20)16-7-3-4-10(8-16)15-13(17)18/h2,5-6,10,15H,3-4,7-8H2,1H3,(H,17,18)/t10-/m0/s1. The summed E-state index contributed by atoms with van der Waals surface area (Å²) in [6.45, 7) is 2.18. The lowest BCUT2D eigenvalue weighted by atomic mass is 10.1. The summed E-state index contributed by atoms with van der Waals surface area (Å²) in [6.07, 6.45) is 0.106. The monoisotopic (exact) mass is 332 g/mol. The molecule has 0 spiro atoms. The van der Waals surface area contributed by atoms with E-state index in [4.69, 9.17) is 16.7 Å². The number of halogens is 1. The SMILES string of the molecule is Cc1c(Cl)cccc1S(=O)(=O)N1CCC[C@H](NC(=O)O)C1. The number of piperidine rings is 1. The molecule has 1 atom stereocenters. The predicted molar refractivity (Wildman–Crippen MR) is 79.1 cm³/mol. The van der Waals surface area contributed by atoms with Crippen molar-refractivity contribution in [1.29, 1.82) is 0 Å². The molecular weight excluding hydrogens is 316 g/mol. The Labute approximate surface area is 128 Å². The van der Waals surface area contributed by atoms with Crippen LogP contribution in [0.3, 0.4) is 0 Å². The van der Waals surface area contributed by atoms with Crippen LogP contribution >= 0.6 is 11.6 Å². The van der Waals surface area contributed by atoms with E-state index in [-0.39, 0.29) is 17.5 Å². The number of nitrogens with zero attached hydrogens (tertiary/aromatic N) is 1. The average Bonchev–Trinajstić information content (AvgIpc) is 2.41. The van der Waals surface area contributed by atoms with Crippen molar-refractivity contribution >= 4 is 27.7 Å². The van der Waals surface area contributed by atoms with Gasteiger partial charge >= 0.3 is 6.09 Å². The molecule has 2 N–H and O–H groups in total. The fraction of sp³-hybridized carbons (Fsp3) is 0.462. The van der Waals surface area contributed by atoms with Gasteiger partial charge in [-0.15, -0.1) is 0 Å². The van der Waals surface area contributed by atoms with Gasteiger partial charge in [-0.2, -0.15) is 4.31 Å². The molecule has 2 rings (SSSR count). The normalized spacial score (nSPS) is 20.2. The molecule has 1 heterocycles. The minimum atomic E-state index is -3.67. The van der Waals surface area contributed by atoms with Crippen molar-refractivity contribution < 1.29 is 18.3 Å². The Kier molecular flexibility index (Phi) is 4.75. The van der Waals surface area contributed by atoms with Crippen LogP contribution < -0.4 is 5.32 Å². The average molecular weight is 333 g/mol. The molecule has 0 radical (unpaired) electrons. The minimum absolute atomic E-state index is 0.139. The van der Waals surface area contributed by atoms with Gasteiger partial charge in [-0.1, -0.05) is 17.7 Å². The molecular formula is C13H17ClN2O4S. The van der Waals surface area contributed by atoms with Crippen molar-refractivity contribution in [3.63, 3.8) is 0 Å². The number of nitrogens with one attached hydrogen (secondary N) is 1. The highest BCUT2D eigenvalue weighted by Gasteiger charge is 2.32. The Morgan fingerprint density at radius 1 is 1.48 bits per heavy atom. The highest BCUT2D eigenvalue weighted by atomic mass is 35.5. The zero-order valence-electron chi connectivity index (χ0n) is 11.5. The fourth-order valence-corrected chi connectivity index (χ4v) is 4.46. The van der Waals surface area contributed by atoms with Crippen molar-refractivity contribution in [2.24, 2.45) is 0 Å². The third-order valence-corrected chi connectivity index (χ3v) is 5.97. The molecule has 0 saturated carbocycles. The van der Waals surface area contributed by atoms with Gasteiger partial charge in [0.05, 0.1) is 4.90 Å².